The van der Waals surface area contributed by atoms with Gasteiger partial charge in [0.2, 0.25) is 0 Å². The summed E-state index contributed by atoms with van der Waals surface area (Å²) in [5.74, 6) is -0.115. The highest BCUT2D eigenvalue weighted by atomic mass is 16.7. The zero-order chi connectivity index (χ0) is 22.5. The molecule has 0 aliphatic carbocycles. The highest BCUT2D eigenvalue weighted by Gasteiger charge is 2.18. The molecule has 0 fully saturated rings. The van der Waals surface area contributed by atoms with E-state index in [1.165, 1.54) is 12.1 Å². The van der Waals surface area contributed by atoms with E-state index in [2.05, 4.69) is 39.2 Å². The van der Waals surface area contributed by atoms with E-state index in [1.54, 1.807) is 12.1 Å². The Kier molecular flexibility index (Phi) is 6.24. The van der Waals surface area contributed by atoms with E-state index < -0.39 is 18.1 Å². The SMILES string of the molecule is CC(C)c1ccc(NC(=O)Nc2nc(Cc3ccc(OC(=O)O)o3)[nH]c2C(N)=O)cc1. The van der Waals surface area contributed by atoms with E-state index in [1.807, 2.05) is 12.1 Å². The fraction of sp³-hybridized carbons (Fsp3) is 0.200. The Morgan fingerprint density at radius 1 is 1.16 bits per heavy atom. The number of primary amides is 1. The van der Waals surface area contributed by atoms with Crippen molar-refractivity contribution in [1.82, 2.24) is 9.97 Å². The number of H-pyrrole nitrogens is 1. The van der Waals surface area contributed by atoms with Crippen molar-refractivity contribution in [2.75, 3.05) is 10.6 Å². The van der Waals surface area contributed by atoms with Crippen molar-refractivity contribution in [3.63, 3.8) is 0 Å². The molecule has 0 bridgehead atoms. The number of carbonyl (C=O) groups is 3. The van der Waals surface area contributed by atoms with Crippen LogP contribution >= 0.6 is 0 Å². The van der Waals surface area contributed by atoms with Gasteiger partial charge in [0.15, 0.2) is 5.82 Å². The van der Waals surface area contributed by atoms with Crippen molar-refractivity contribution in [1.29, 1.82) is 0 Å². The molecule has 3 aromatic rings. The number of anilines is 2. The van der Waals surface area contributed by atoms with Crippen LogP contribution in [0.4, 0.5) is 21.1 Å². The number of urea groups is 1. The molecule has 0 atom stereocenters. The molecule has 31 heavy (non-hydrogen) atoms. The van der Waals surface area contributed by atoms with Gasteiger partial charge in [0.1, 0.15) is 17.3 Å². The highest BCUT2D eigenvalue weighted by molar-refractivity contribution is 6.04. The number of amides is 3. The van der Waals surface area contributed by atoms with E-state index in [9.17, 15) is 14.4 Å². The minimum absolute atomic E-state index is 0.0487. The summed E-state index contributed by atoms with van der Waals surface area (Å²) in [6.45, 7) is 4.14. The number of aromatic amines is 1. The summed E-state index contributed by atoms with van der Waals surface area (Å²) >= 11 is 0. The Morgan fingerprint density at radius 2 is 1.87 bits per heavy atom. The van der Waals surface area contributed by atoms with Gasteiger partial charge < -0.3 is 30.3 Å². The Bertz CT molecular complexity index is 1100. The number of carbonyl (C=O) groups excluding carboxylic acids is 2. The molecule has 2 aromatic heterocycles. The van der Waals surface area contributed by atoms with Gasteiger partial charge in [-0.05, 0) is 29.7 Å². The molecule has 3 rings (SSSR count). The molecule has 2 heterocycles. The zero-order valence-corrected chi connectivity index (χ0v) is 16.8. The first-order chi connectivity index (χ1) is 14.7. The third-order valence-corrected chi connectivity index (χ3v) is 4.23. The summed E-state index contributed by atoms with van der Waals surface area (Å²) in [6, 6.07) is 9.58. The summed E-state index contributed by atoms with van der Waals surface area (Å²) in [5, 5.41) is 13.7. The summed E-state index contributed by atoms with van der Waals surface area (Å²) in [4.78, 5) is 41.5. The number of aromatic nitrogens is 2. The first-order valence-electron chi connectivity index (χ1n) is 9.27. The Balaban J connectivity index is 1.69. The lowest BCUT2D eigenvalue weighted by molar-refractivity contribution is 0.0996. The van der Waals surface area contributed by atoms with Crippen molar-refractivity contribution in [3.8, 4) is 5.95 Å². The van der Waals surface area contributed by atoms with Crippen molar-refractivity contribution < 1.29 is 28.6 Å². The lowest BCUT2D eigenvalue weighted by Gasteiger charge is -2.09. The number of furan rings is 1. The maximum Gasteiger partial charge on any atom is 0.513 e. The molecule has 3 amide bonds. The second kappa shape index (κ2) is 9.03. The van der Waals surface area contributed by atoms with Crippen molar-refractivity contribution >= 4 is 29.6 Å². The molecule has 11 nitrogen and oxygen atoms in total. The molecule has 162 valence electrons. The first kappa shape index (κ1) is 21.4. The van der Waals surface area contributed by atoms with Crippen LogP contribution in [0.5, 0.6) is 5.95 Å². The van der Waals surface area contributed by atoms with Crippen molar-refractivity contribution in [2.45, 2.75) is 26.2 Å². The minimum atomic E-state index is -1.51. The van der Waals surface area contributed by atoms with Gasteiger partial charge in [0.05, 0.1) is 6.42 Å². The summed E-state index contributed by atoms with van der Waals surface area (Å²) in [7, 11) is 0. The van der Waals surface area contributed by atoms with Crippen LogP contribution < -0.4 is 21.1 Å². The fourth-order valence-corrected chi connectivity index (χ4v) is 2.76. The lowest BCUT2D eigenvalue weighted by Crippen LogP contribution is -2.22. The largest absolute Gasteiger partial charge is 0.513 e. The van der Waals surface area contributed by atoms with Crippen LogP contribution in [0, 0.1) is 0 Å². The van der Waals surface area contributed by atoms with Gasteiger partial charge >= 0.3 is 12.2 Å². The fourth-order valence-electron chi connectivity index (χ4n) is 2.76. The molecule has 0 aliphatic rings. The van der Waals surface area contributed by atoms with Crippen molar-refractivity contribution in [2.24, 2.45) is 5.73 Å². The molecule has 0 radical (unpaired) electrons. The molecule has 11 heteroatoms. The first-order valence-corrected chi connectivity index (χ1v) is 9.27. The third kappa shape index (κ3) is 5.63. The smallest absolute Gasteiger partial charge is 0.449 e. The Morgan fingerprint density at radius 3 is 2.48 bits per heavy atom. The molecule has 0 saturated carbocycles. The number of nitrogens with one attached hydrogen (secondary N) is 3. The van der Waals surface area contributed by atoms with Crippen LogP contribution in [0.3, 0.4) is 0 Å². The maximum absolute atomic E-state index is 12.3. The number of hydrogen-bond acceptors (Lipinski definition) is 6. The summed E-state index contributed by atoms with van der Waals surface area (Å²) < 4.78 is 9.62. The normalized spacial score (nSPS) is 10.7. The number of ether oxygens (including phenoxy) is 1. The number of carboxylic acid groups (broad SMARTS) is 1. The number of hydrogen-bond donors (Lipinski definition) is 5. The summed E-state index contributed by atoms with van der Waals surface area (Å²) in [5.41, 5.74) is 6.98. The molecular weight excluding hydrogens is 406 g/mol. The second-order valence-corrected chi connectivity index (χ2v) is 6.89. The van der Waals surface area contributed by atoms with E-state index >= 15 is 0 Å². The van der Waals surface area contributed by atoms with Crippen molar-refractivity contribution in [3.05, 3.63) is 59.2 Å². The molecule has 6 N–H and O–H groups in total. The molecular formula is C20H21N5O6. The van der Waals surface area contributed by atoms with Crippen LogP contribution in [0.1, 0.15) is 47.4 Å². The van der Waals surface area contributed by atoms with E-state index in [0.29, 0.717) is 17.4 Å². The van der Waals surface area contributed by atoms with Gasteiger partial charge in [-0.1, -0.05) is 26.0 Å². The van der Waals surface area contributed by atoms with Gasteiger partial charge in [0.25, 0.3) is 11.9 Å². The van der Waals surface area contributed by atoms with Gasteiger partial charge in [-0.15, -0.1) is 0 Å². The van der Waals surface area contributed by atoms with E-state index in [-0.39, 0.29) is 29.7 Å². The average Bonchev–Trinajstić information content (AvgIpc) is 3.28. The number of rotatable bonds is 7. The predicted octanol–water partition coefficient (Wildman–Crippen LogP) is 3.52. The molecule has 0 unspecified atom stereocenters. The van der Waals surface area contributed by atoms with Gasteiger partial charge in [0, 0.05) is 11.8 Å². The molecule has 0 spiro atoms. The van der Waals surface area contributed by atoms with E-state index in [4.69, 9.17) is 15.3 Å². The summed E-state index contributed by atoms with van der Waals surface area (Å²) in [6.07, 6.45) is -1.44. The Labute approximate surface area is 176 Å². The van der Waals surface area contributed by atoms with Crippen LogP contribution in [0.25, 0.3) is 0 Å². The van der Waals surface area contributed by atoms with E-state index in [0.717, 1.165) is 5.56 Å². The van der Waals surface area contributed by atoms with Crippen LogP contribution in [-0.2, 0) is 6.42 Å². The minimum Gasteiger partial charge on any atom is -0.449 e. The number of imidazole rings is 1. The third-order valence-electron chi connectivity index (χ3n) is 4.23. The van der Waals surface area contributed by atoms with Gasteiger partial charge in [-0.2, -0.15) is 0 Å². The average molecular weight is 427 g/mol. The molecule has 0 aliphatic heterocycles. The second-order valence-electron chi connectivity index (χ2n) is 6.89. The number of benzene rings is 1. The topological polar surface area (TPSA) is 173 Å². The van der Waals surface area contributed by atoms with Crippen LogP contribution in [-0.4, -0.2) is 33.2 Å². The lowest BCUT2D eigenvalue weighted by atomic mass is 10.0. The number of nitrogens with zero attached hydrogens (tertiary/aromatic N) is 1. The Hall–Kier alpha value is -4.28. The number of nitrogens with two attached hydrogens (primary N) is 1. The predicted molar refractivity (Wildman–Crippen MR) is 110 cm³/mol. The standard InChI is InChI=1S/C20H21N5O6/c1-10(2)11-3-5-12(6-4-11)22-19(27)25-18-16(17(21)26)23-14(24-18)9-13-7-8-15(30-13)31-20(28)29/h3-8,10H,9H2,1-2H3,(H2,21,26)(H,23,24)(H,28,29)(H2,22,25,27). The van der Waals surface area contributed by atoms with Gasteiger partial charge in [-0.25, -0.2) is 14.6 Å². The van der Waals surface area contributed by atoms with Crippen LogP contribution in [0.15, 0.2) is 40.8 Å². The quantitative estimate of drug-likeness (QED) is 0.359. The maximum atomic E-state index is 12.3. The molecule has 1 aromatic carbocycles. The monoisotopic (exact) mass is 427 g/mol. The molecule has 0 saturated heterocycles. The van der Waals surface area contributed by atoms with Gasteiger partial charge in [-0.3, -0.25) is 10.1 Å². The highest BCUT2D eigenvalue weighted by Crippen LogP contribution is 2.21. The zero-order valence-electron chi connectivity index (χ0n) is 16.8. The van der Waals surface area contributed by atoms with Crippen LogP contribution in [0.2, 0.25) is 0 Å².